The van der Waals surface area contributed by atoms with E-state index in [4.69, 9.17) is 4.74 Å². The fraction of sp³-hybridized carbons (Fsp3) is 0.250. The molecule has 0 aromatic heterocycles. The predicted molar refractivity (Wildman–Crippen MR) is 83.9 cm³/mol. The second kappa shape index (κ2) is 5.70. The molecule has 1 nitrogen and oxygen atoms in total. The first kappa shape index (κ1) is 13.2. The Morgan fingerprint density at radius 2 is 1.89 bits per heavy atom. The molecule has 0 saturated carbocycles. The molecule has 0 radical (unpaired) electrons. The Morgan fingerprint density at radius 3 is 2.74 bits per heavy atom. The molecule has 2 aromatic carbocycles. The second-order valence-electron chi connectivity index (χ2n) is 4.63. The van der Waals surface area contributed by atoms with Gasteiger partial charge in [-0.25, -0.2) is 0 Å². The zero-order chi connectivity index (χ0) is 13.2. The van der Waals surface area contributed by atoms with Gasteiger partial charge in [0.2, 0.25) is 0 Å². The number of rotatable bonds is 3. The van der Waals surface area contributed by atoms with Crippen LogP contribution in [0.15, 0.2) is 47.4 Å². The van der Waals surface area contributed by atoms with Gasteiger partial charge in [-0.3, -0.25) is 0 Å². The lowest BCUT2D eigenvalue weighted by Gasteiger charge is -2.15. The minimum absolute atomic E-state index is 0.238. The van der Waals surface area contributed by atoms with Gasteiger partial charge in [0.05, 0.1) is 18.0 Å². The molecule has 0 spiro atoms. The molecule has 19 heavy (non-hydrogen) atoms. The molecule has 0 bridgehead atoms. The molecule has 3 heteroatoms. The number of halogens is 1. The van der Waals surface area contributed by atoms with Crippen molar-refractivity contribution in [3.63, 3.8) is 0 Å². The third-order valence-electron chi connectivity index (χ3n) is 3.45. The van der Waals surface area contributed by atoms with Gasteiger partial charge in [0.15, 0.2) is 0 Å². The van der Waals surface area contributed by atoms with Gasteiger partial charge in [0.1, 0.15) is 0 Å². The topological polar surface area (TPSA) is 9.23 Å². The van der Waals surface area contributed by atoms with Crippen LogP contribution < -0.4 is 0 Å². The first-order valence-electron chi connectivity index (χ1n) is 6.26. The number of benzene rings is 2. The Morgan fingerprint density at radius 1 is 1.11 bits per heavy atom. The fourth-order valence-corrected chi connectivity index (χ4v) is 3.88. The summed E-state index contributed by atoms with van der Waals surface area (Å²) in [6.45, 7) is 1.50. The van der Waals surface area contributed by atoms with Crippen LogP contribution in [0.25, 0.3) is 0 Å². The van der Waals surface area contributed by atoms with Crippen molar-refractivity contribution in [3.8, 4) is 0 Å². The largest absolute Gasteiger partial charge is 0.372 e. The van der Waals surface area contributed by atoms with E-state index < -0.39 is 0 Å². The zero-order valence-electron chi connectivity index (χ0n) is 10.7. The lowest BCUT2D eigenvalue weighted by molar-refractivity contribution is 0.134. The van der Waals surface area contributed by atoms with Crippen LogP contribution in [0.4, 0.5) is 0 Å². The van der Waals surface area contributed by atoms with Crippen molar-refractivity contribution in [2.24, 2.45) is 0 Å². The van der Waals surface area contributed by atoms with E-state index in [0.29, 0.717) is 0 Å². The van der Waals surface area contributed by atoms with Crippen LogP contribution in [0.1, 0.15) is 27.1 Å². The summed E-state index contributed by atoms with van der Waals surface area (Å²) in [4.78, 5) is 1.56. The maximum atomic E-state index is 5.48. The normalized spacial score (nSPS) is 15.3. The van der Waals surface area contributed by atoms with Crippen LogP contribution in [0.3, 0.4) is 0 Å². The molecule has 0 amide bonds. The molecular formula is C16H15BrOS. The average Bonchev–Trinajstić information content (AvgIpc) is 2.93. The molecule has 1 aliphatic rings. The smallest absolute Gasteiger partial charge is 0.0725 e. The maximum absolute atomic E-state index is 5.48. The highest BCUT2D eigenvalue weighted by Gasteiger charge is 2.17. The Bertz CT molecular complexity index is 597. The van der Waals surface area contributed by atoms with Gasteiger partial charge < -0.3 is 4.74 Å². The van der Waals surface area contributed by atoms with Crippen LogP contribution in [0.5, 0.6) is 0 Å². The van der Waals surface area contributed by atoms with Crippen LogP contribution in [-0.2, 0) is 18.0 Å². The molecule has 1 aliphatic heterocycles. The monoisotopic (exact) mass is 334 g/mol. The highest BCUT2D eigenvalue weighted by atomic mass is 79.9. The predicted octanol–water partition coefficient (Wildman–Crippen LogP) is 4.92. The molecular weight excluding hydrogens is 320 g/mol. The number of hydrogen-bond acceptors (Lipinski definition) is 2. The van der Waals surface area contributed by atoms with Crippen molar-refractivity contribution < 1.29 is 4.74 Å². The van der Waals surface area contributed by atoms with E-state index in [-0.39, 0.29) is 4.83 Å². The fourth-order valence-electron chi connectivity index (χ4n) is 2.40. The van der Waals surface area contributed by atoms with Gasteiger partial charge in [-0.15, -0.1) is 11.8 Å². The van der Waals surface area contributed by atoms with Gasteiger partial charge in [-0.1, -0.05) is 52.3 Å². The van der Waals surface area contributed by atoms with Crippen LogP contribution >= 0.6 is 27.7 Å². The Labute approximate surface area is 126 Å². The lowest BCUT2D eigenvalue weighted by atomic mass is 10.0. The summed E-state index contributed by atoms with van der Waals surface area (Å²) in [5.74, 6) is 0. The van der Waals surface area contributed by atoms with Gasteiger partial charge in [0.25, 0.3) is 0 Å². The first-order valence-corrected chi connectivity index (χ1v) is 8.40. The van der Waals surface area contributed by atoms with E-state index in [1.807, 2.05) is 0 Å². The minimum Gasteiger partial charge on any atom is -0.372 e. The number of fused-ring (bicyclic) bond motifs is 1. The molecule has 0 fully saturated rings. The van der Waals surface area contributed by atoms with E-state index in [1.165, 1.54) is 27.1 Å². The molecule has 0 saturated heterocycles. The minimum atomic E-state index is 0.238. The van der Waals surface area contributed by atoms with Crippen molar-refractivity contribution >= 4 is 27.7 Å². The van der Waals surface area contributed by atoms with Crippen molar-refractivity contribution in [1.82, 2.24) is 0 Å². The summed E-state index contributed by atoms with van der Waals surface area (Å²) in [5, 5.41) is 0. The Balaban J connectivity index is 1.97. The van der Waals surface area contributed by atoms with Crippen molar-refractivity contribution in [1.29, 1.82) is 0 Å². The quantitative estimate of drug-likeness (QED) is 0.581. The Hall–Kier alpha value is -0.770. The van der Waals surface area contributed by atoms with Crippen molar-refractivity contribution in [2.45, 2.75) is 22.9 Å². The average molecular weight is 335 g/mol. The zero-order valence-corrected chi connectivity index (χ0v) is 13.1. The van der Waals surface area contributed by atoms with Gasteiger partial charge in [-0.2, -0.15) is 0 Å². The van der Waals surface area contributed by atoms with Crippen molar-refractivity contribution in [2.75, 3.05) is 6.26 Å². The molecule has 0 aliphatic carbocycles. The highest BCUT2D eigenvalue weighted by molar-refractivity contribution is 9.09. The number of thioether (sulfide) groups is 1. The van der Waals surface area contributed by atoms with E-state index in [9.17, 15) is 0 Å². The summed E-state index contributed by atoms with van der Waals surface area (Å²) >= 11 is 5.63. The molecule has 1 heterocycles. The summed E-state index contributed by atoms with van der Waals surface area (Å²) < 4.78 is 5.48. The number of ether oxygens (including phenoxy) is 1. The van der Waals surface area contributed by atoms with E-state index in [1.54, 1.807) is 11.8 Å². The lowest BCUT2D eigenvalue weighted by Crippen LogP contribution is -1.96. The van der Waals surface area contributed by atoms with Crippen LogP contribution in [0, 0.1) is 0 Å². The number of alkyl halides is 1. The third kappa shape index (κ3) is 2.60. The molecule has 3 rings (SSSR count). The molecule has 2 aromatic rings. The van der Waals surface area contributed by atoms with Crippen molar-refractivity contribution in [3.05, 3.63) is 64.7 Å². The SMILES string of the molecule is CSc1ccccc1C(Br)c1ccc2c(c1)COC2. The highest BCUT2D eigenvalue weighted by Crippen LogP contribution is 2.37. The van der Waals surface area contributed by atoms with Gasteiger partial charge in [-0.05, 0) is 34.6 Å². The van der Waals surface area contributed by atoms with Crippen LogP contribution in [0.2, 0.25) is 0 Å². The molecule has 0 N–H and O–H groups in total. The summed E-state index contributed by atoms with van der Waals surface area (Å²) in [6.07, 6.45) is 2.12. The standard InChI is InChI=1S/C16H15BrOS/c1-19-15-5-3-2-4-14(15)16(17)11-6-7-12-9-18-10-13(12)8-11/h2-8,16H,9-10H2,1H3. The van der Waals surface area contributed by atoms with E-state index in [2.05, 4.69) is 64.7 Å². The second-order valence-corrected chi connectivity index (χ2v) is 6.39. The molecule has 1 atom stereocenters. The number of hydrogen-bond donors (Lipinski definition) is 0. The third-order valence-corrected chi connectivity index (χ3v) is 5.28. The summed E-state index contributed by atoms with van der Waals surface area (Å²) in [6, 6.07) is 15.2. The molecule has 1 unspecified atom stereocenters. The van der Waals surface area contributed by atoms with E-state index in [0.717, 1.165) is 13.2 Å². The van der Waals surface area contributed by atoms with E-state index >= 15 is 0 Å². The summed E-state index contributed by atoms with van der Waals surface area (Å²) in [7, 11) is 0. The summed E-state index contributed by atoms with van der Waals surface area (Å²) in [5.41, 5.74) is 5.27. The van der Waals surface area contributed by atoms with Gasteiger partial charge in [0, 0.05) is 4.90 Å². The maximum Gasteiger partial charge on any atom is 0.0725 e. The van der Waals surface area contributed by atoms with Gasteiger partial charge >= 0.3 is 0 Å². The Kier molecular flexibility index (Phi) is 3.96. The molecule has 98 valence electrons. The first-order chi connectivity index (χ1) is 9.29. The van der Waals surface area contributed by atoms with Crippen LogP contribution in [-0.4, -0.2) is 6.26 Å².